The molecule has 0 bridgehead atoms. The van der Waals surface area contributed by atoms with Crippen molar-refractivity contribution >= 4 is 17.6 Å². The Morgan fingerprint density at radius 2 is 1.50 bits per heavy atom. The molecule has 1 aliphatic carbocycles. The van der Waals surface area contributed by atoms with Crippen LogP contribution < -0.4 is 0 Å². The van der Waals surface area contributed by atoms with Gasteiger partial charge in [0.1, 0.15) is 22.8 Å². The lowest BCUT2D eigenvalue weighted by molar-refractivity contribution is 0.0195. The second kappa shape index (κ2) is 7.75. The maximum atomic E-state index is 13.7. The van der Waals surface area contributed by atoms with Gasteiger partial charge in [0.05, 0.1) is 5.56 Å². The van der Waals surface area contributed by atoms with Gasteiger partial charge in [-0.2, -0.15) is 0 Å². The van der Waals surface area contributed by atoms with E-state index >= 15 is 0 Å². The molecule has 1 saturated carbocycles. The van der Waals surface area contributed by atoms with Crippen LogP contribution in [0.2, 0.25) is 5.02 Å². The van der Waals surface area contributed by atoms with Gasteiger partial charge in [0.2, 0.25) is 0 Å². The average Bonchev–Trinajstić information content (AvgIpc) is 2.59. The molecule has 138 valence electrons. The van der Waals surface area contributed by atoms with Crippen LogP contribution in [0.3, 0.4) is 0 Å². The van der Waals surface area contributed by atoms with Crippen LogP contribution in [-0.2, 0) is 4.74 Å². The normalized spacial score (nSPS) is 20.0. The summed E-state index contributed by atoms with van der Waals surface area (Å²) in [4.78, 5) is 12.4. The predicted molar refractivity (Wildman–Crippen MR) is 97.7 cm³/mol. The smallest absolute Gasteiger partial charge is 0.338 e. The highest BCUT2D eigenvalue weighted by molar-refractivity contribution is 6.30. The van der Waals surface area contributed by atoms with Gasteiger partial charge in [-0.3, -0.25) is 0 Å². The summed E-state index contributed by atoms with van der Waals surface area (Å²) >= 11 is 5.54. The summed E-state index contributed by atoms with van der Waals surface area (Å²) in [5, 5.41) is -0.468. The third-order valence-electron chi connectivity index (χ3n) is 4.88. The largest absolute Gasteiger partial charge is 0.459 e. The van der Waals surface area contributed by atoms with Gasteiger partial charge < -0.3 is 4.74 Å². The van der Waals surface area contributed by atoms with Crippen LogP contribution in [0.4, 0.5) is 8.78 Å². The molecule has 0 heterocycles. The number of halogens is 3. The molecule has 26 heavy (non-hydrogen) atoms. The first-order chi connectivity index (χ1) is 12.3. The molecule has 2 aromatic rings. The Bertz CT molecular complexity index is 784. The monoisotopic (exact) mass is 378 g/mol. The van der Waals surface area contributed by atoms with Crippen LogP contribution in [0.25, 0.3) is 0 Å². The van der Waals surface area contributed by atoms with E-state index in [-0.39, 0.29) is 18.0 Å². The number of rotatable bonds is 3. The number of carbonyl (C=O) groups excluding carboxylic acids is 1. The minimum Gasteiger partial charge on any atom is -0.459 e. The van der Waals surface area contributed by atoms with Crippen LogP contribution in [0.5, 0.6) is 0 Å². The minimum atomic E-state index is -0.731. The highest BCUT2D eigenvalue weighted by atomic mass is 35.5. The van der Waals surface area contributed by atoms with Gasteiger partial charge in [-0.25, -0.2) is 13.6 Å². The molecule has 1 fully saturated rings. The summed E-state index contributed by atoms with van der Waals surface area (Å²) in [5.74, 6) is -1.73. The Kier molecular flexibility index (Phi) is 5.61. The standard InChI is InChI=1S/C21H21ClF2O2/c1-12-7-13(2)9-16(8-12)21(25)26-17-5-3-14(4-6-17)15-10-18(23)20(22)19(24)11-15/h7-11,14,17H,3-6H2,1-2H3. The van der Waals surface area contributed by atoms with Crippen molar-refractivity contribution in [3.8, 4) is 0 Å². The summed E-state index contributed by atoms with van der Waals surface area (Å²) in [6.07, 6.45) is 2.61. The highest BCUT2D eigenvalue weighted by Gasteiger charge is 2.26. The molecule has 0 N–H and O–H groups in total. The zero-order valence-corrected chi connectivity index (χ0v) is 15.6. The number of ether oxygens (including phenoxy) is 1. The van der Waals surface area contributed by atoms with Crippen LogP contribution in [0, 0.1) is 25.5 Å². The fraction of sp³-hybridized carbons (Fsp3) is 0.381. The molecule has 0 aromatic heterocycles. The van der Waals surface area contributed by atoms with Crippen LogP contribution >= 0.6 is 11.6 Å². The molecule has 5 heteroatoms. The quantitative estimate of drug-likeness (QED) is 0.475. The summed E-state index contributed by atoms with van der Waals surface area (Å²) in [6, 6.07) is 8.25. The molecular formula is C21H21ClF2O2. The van der Waals surface area contributed by atoms with Gasteiger partial charge >= 0.3 is 5.97 Å². The van der Waals surface area contributed by atoms with Crippen molar-refractivity contribution in [3.63, 3.8) is 0 Å². The van der Waals surface area contributed by atoms with Gasteiger partial charge in [-0.15, -0.1) is 0 Å². The maximum absolute atomic E-state index is 13.7. The Hall–Kier alpha value is -1.94. The van der Waals surface area contributed by atoms with Crippen molar-refractivity contribution in [2.24, 2.45) is 0 Å². The van der Waals surface area contributed by atoms with E-state index in [1.54, 1.807) is 0 Å². The van der Waals surface area contributed by atoms with E-state index in [9.17, 15) is 13.6 Å². The van der Waals surface area contributed by atoms with Crippen molar-refractivity contribution in [2.75, 3.05) is 0 Å². The summed E-state index contributed by atoms with van der Waals surface area (Å²) < 4.78 is 32.9. The Balaban J connectivity index is 1.61. The van der Waals surface area contributed by atoms with E-state index in [0.29, 0.717) is 36.8 Å². The number of carbonyl (C=O) groups is 1. The van der Waals surface area contributed by atoms with Crippen molar-refractivity contribution < 1.29 is 18.3 Å². The Morgan fingerprint density at radius 3 is 2.04 bits per heavy atom. The Morgan fingerprint density at radius 1 is 0.962 bits per heavy atom. The molecule has 3 rings (SSSR count). The summed E-state index contributed by atoms with van der Waals surface area (Å²) in [7, 11) is 0. The first-order valence-corrected chi connectivity index (χ1v) is 9.15. The van der Waals surface area contributed by atoms with E-state index in [1.165, 1.54) is 12.1 Å². The average molecular weight is 379 g/mol. The molecule has 0 spiro atoms. The second-order valence-corrected chi connectivity index (χ2v) is 7.43. The van der Waals surface area contributed by atoms with E-state index in [0.717, 1.165) is 11.1 Å². The van der Waals surface area contributed by atoms with Crippen molar-refractivity contribution in [3.05, 3.63) is 69.2 Å². The fourth-order valence-electron chi connectivity index (χ4n) is 3.64. The highest BCUT2D eigenvalue weighted by Crippen LogP contribution is 2.36. The van der Waals surface area contributed by atoms with Crippen LogP contribution in [0.15, 0.2) is 30.3 Å². The predicted octanol–water partition coefficient (Wildman–Crippen LogP) is 6.12. The second-order valence-electron chi connectivity index (χ2n) is 7.05. The first kappa shape index (κ1) is 18.8. The SMILES string of the molecule is Cc1cc(C)cc(C(=O)OC2CCC(c3cc(F)c(Cl)c(F)c3)CC2)c1. The van der Waals surface area contributed by atoms with E-state index < -0.39 is 16.7 Å². The van der Waals surface area contributed by atoms with Gasteiger partial charge in [0.25, 0.3) is 0 Å². The van der Waals surface area contributed by atoms with Crippen LogP contribution in [0.1, 0.15) is 58.6 Å². The lowest BCUT2D eigenvalue weighted by Gasteiger charge is -2.28. The molecular weight excluding hydrogens is 358 g/mol. The number of hydrogen-bond donors (Lipinski definition) is 0. The molecule has 0 aliphatic heterocycles. The maximum Gasteiger partial charge on any atom is 0.338 e. The van der Waals surface area contributed by atoms with Crippen molar-refractivity contribution in [1.29, 1.82) is 0 Å². The lowest BCUT2D eigenvalue weighted by atomic mass is 9.82. The van der Waals surface area contributed by atoms with Gasteiger partial charge in [0.15, 0.2) is 0 Å². The zero-order valence-electron chi connectivity index (χ0n) is 14.8. The number of hydrogen-bond acceptors (Lipinski definition) is 2. The van der Waals surface area contributed by atoms with Crippen molar-refractivity contribution in [1.82, 2.24) is 0 Å². The lowest BCUT2D eigenvalue weighted by Crippen LogP contribution is -2.24. The minimum absolute atomic E-state index is 0.0485. The first-order valence-electron chi connectivity index (χ1n) is 8.77. The number of aryl methyl sites for hydroxylation is 2. The van der Waals surface area contributed by atoms with Gasteiger partial charge in [-0.05, 0) is 75.3 Å². The molecule has 0 atom stereocenters. The molecule has 0 radical (unpaired) electrons. The van der Waals surface area contributed by atoms with Crippen LogP contribution in [-0.4, -0.2) is 12.1 Å². The zero-order chi connectivity index (χ0) is 18.8. The number of esters is 1. The molecule has 2 aromatic carbocycles. The van der Waals surface area contributed by atoms with Gasteiger partial charge in [-0.1, -0.05) is 28.8 Å². The van der Waals surface area contributed by atoms with E-state index in [4.69, 9.17) is 16.3 Å². The molecule has 1 aliphatic rings. The third kappa shape index (κ3) is 4.24. The topological polar surface area (TPSA) is 26.3 Å². The summed E-state index contributed by atoms with van der Waals surface area (Å²) in [5.41, 5.74) is 3.22. The van der Waals surface area contributed by atoms with Gasteiger partial charge in [0, 0.05) is 0 Å². The number of benzene rings is 2. The molecule has 0 unspecified atom stereocenters. The van der Waals surface area contributed by atoms with E-state index in [1.807, 2.05) is 32.0 Å². The molecule has 0 saturated heterocycles. The molecule has 0 amide bonds. The summed E-state index contributed by atoms with van der Waals surface area (Å²) in [6.45, 7) is 3.89. The Labute approximate surface area is 157 Å². The third-order valence-corrected chi connectivity index (χ3v) is 5.24. The van der Waals surface area contributed by atoms with E-state index in [2.05, 4.69) is 0 Å². The molecule has 2 nitrogen and oxygen atoms in total. The fourth-order valence-corrected chi connectivity index (χ4v) is 3.75. The van der Waals surface area contributed by atoms with Crippen molar-refractivity contribution in [2.45, 2.75) is 51.6 Å².